The molecule has 2 rings (SSSR count). The molecule has 11 nitrogen and oxygen atoms in total. The Kier molecular flexibility index (Phi) is 10.2. The van der Waals surface area contributed by atoms with Gasteiger partial charge in [0.2, 0.25) is 10.0 Å². The van der Waals surface area contributed by atoms with Crippen molar-refractivity contribution in [3.05, 3.63) is 59.7 Å². The maximum atomic E-state index is 13.4. The highest BCUT2D eigenvalue weighted by Crippen LogP contribution is 2.27. The molecule has 1 amide bonds. The van der Waals surface area contributed by atoms with Gasteiger partial charge in [0.1, 0.15) is 28.9 Å². The van der Waals surface area contributed by atoms with Gasteiger partial charge in [-0.25, -0.2) is 18.3 Å². The molecule has 0 saturated carbocycles. The molecule has 0 aliphatic rings. The first-order chi connectivity index (χ1) is 17.3. The number of hydrogen-bond donors (Lipinski definition) is 1. The normalized spacial score (nSPS) is 12.4. The minimum Gasteiger partial charge on any atom is -0.487 e. The van der Waals surface area contributed by atoms with Crippen LogP contribution in [0.15, 0.2) is 53.4 Å². The van der Waals surface area contributed by atoms with E-state index in [0.29, 0.717) is 0 Å². The summed E-state index contributed by atoms with van der Waals surface area (Å²) in [6.45, 7) is 4.94. The lowest BCUT2D eigenvalue weighted by atomic mass is 10.1. The van der Waals surface area contributed by atoms with Crippen molar-refractivity contribution in [1.82, 2.24) is 9.79 Å². The summed E-state index contributed by atoms with van der Waals surface area (Å²) in [7, 11) is -0.769. The van der Waals surface area contributed by atoms with E-state index in [1.807, 2.05) is 6.07 Å². The van der Waals surface area contributed by atoms with E-state index >= 15 is 0 Å². The molecule has 1 atom stereocenters. The summed E-state index contributed by atoms with van der Waals surface area (Å²) in [6.07, 6.45) is -0.594. The van der Waals surface area contributed by atoms with Gasteiger partial charge in [0.05, 0.1) is 26.2 Å². The standard InChI is InChI=1S/C25H32N2O9S/c1-25(2,3)36-22(28)15-19(23(29)27(4)34-6)26-37(31,32)21-13-12-18(24(30)33-5)14-20(21)35-16-17-10-8-7-9-11-17/h7-14,19,26H,15-16H2,1-6H3. The van der Waals surface area contributed by atoms with Gasteiger partial charge >= 0.3 is 11.9 Å². The predicted octanol–water partition coefficient (Wildman–Crippen LogP) is 2.45. The molecule has 202 valence electrons. The highest BCUT2D eigenvalue weighted by Gasteiger charge is 2.33. The first-order valence-corrected chi connectivity index (χ1v) is 12.7. The number of benzene rings is 2. The Labute approximate surface area is 216 Å². The van der Waals surface area contributed by atoms with E-state index in [1.54, 1.807) is 45.0 Å². The zero-order valence-electron chi connectivity index (χ0n) is 21.6. The Balaban J connectivity index is 2.44. The van der Waals surface area contributed by atoms with Crippen molar-refractivity contribution in [2.45, 2.75) is 50.3 Å². The zero-order valence-corrected chi connectivity index (χ0v) is 22.5. The molecule has 0 spiro atoms. The van der Waals surface area contributed by atoms with Gasteiger partial charge in [-0.05, 0) is 44.5 Å². The van der Waals surface area contributed by atoms with Crippen LogP contribution in [0, 0.1) is 0 Å². The maximum absolute atomic E-state index is 13.4. The number of methoxy groups -OCH3 is 1. The molecule has 0 aromatic heterocycles. The SMILES string of the molecule is COC(=O)c1ccc(S(=O)(=O)NC(CC(=O)OC(C)(C)C)C(=O)N(C)OC)c(OCc2ccccc2)c1. The summed E-state index contributed by atoms with van der Waals surface area (Å²) in [5.74, 6) is -2.46. The van der Waals surface area contributed by atoms with E-state index in [2.05, 4.69) is 4.72 Å². The summed E-state index contributed by atoms with van der Waals surface area (Å²) in [6, 6.07) is 11.1. The number of hydroxylamine groups is 2. The molecule has 0 bridgehead atoms. The van der Waals surface area contributed by atoms with Crippen LogP contribution in [0.4, 0.5) is 0 Å². The van der Waals surface area contributed by atoms with E-state index < -0.39 is 45.9 Å². The number of ether oxygens (including phenoxy) is 3. The van der Waals surface area contributed by atoms with E-state index in [0.717, 1.165) is 16.7 Å². The number of rotatable bonds is 11. The van der Waals surface area contributed by atoms with E-state index in [1.165, 1.54) is 33.4 Å². The van der Waals surface area contributed by atoms with Gasteiger partial charge in [0.15, 0.2) is 0 Å². The van der Waals surface area contributed by atoms with Crippen LogP contribution in [-0.2, 0) is 40.5 Å². The van der Waals surface area contributed by atoms with Crippen LogP contribution in [0.1, 0.15) is 43.1 Å². The summed E-state index contributed by atoms with van der Waals surface area (Å²) in [5, 5.41) is 0.796. The fraction of sp³-hybridized carbons (Fsp3) is 0.400. The summed E-state index contributed by atoms with van der Waals surface area (Å²) >= 11 is 0. The molecule has 0 radical (unpaired) electrons. The molecule has 0 heterocycles. The summed E-state index contributed by atoms with van der Waals surface area (Å²) in [5.41, 5.74) is -0.0363. The molecule has 1 unspecified atom stereocenters. The quantitative estimate of drug-likeness (QED) is 0.339. The molecule has 37 heavy (non-hydrogen) atoms. The molecule has 0 aliphatic heterocycles. The van der Waals surface area contributed by atoms with Gasteiger partial charge in [-0.2, -0.15) is 4.72 Å². The smallest absolute Gasteiger partial charge is 0.337 e. The third-order valence-corrected chi connectivity index (χ3v) is 6.37. The third-order valence-electron chi connectivity index (χ3n) is 4.86. The molecular formula is C25H32N2O9S. The molecule has 0 fully saturated rings. The Bertz CT molecular complexity index is 1210. The number of sulfonamides is 1. The number of carbonyl (C=O) groups is 3. The average molecular weight is 537 g/mol. The number of amides is 1. The van der Waals surface area contributed by atoms with Gasteiger partial charge in [-0.1, -0.05) is 30.3 Å². The van der Waals surface area contributed by atoms with E-state index in [4.69, 9.17) is 19.0 Å². The maximum Gasteiger partial charge on any atom is 0.337 e. The number of hydrogen-bond acceptors (Lipinski definition) is 9. The summed E-state index contributed by atoms with van der Waals surface area (Å²) < 4.78 is 44.9. The van der Waals surface area contributed by atoms with E-state index in [9.17, 15) is 22.8 Å². The molecular weight excluding hydrogens is 504 g/mol. The fourth-order valence-corrected chi connectivity index (χ4v) is 4.43. The largest absolute Gasteiger partial charge is 0.487 e. The lowest BCUT2D eigenvalue weighted by Crippen LogP contribution is -2.48. The van der Waals surface area contributed by atoms with Crippen molar-refractivity contribution in [3.8, 4) is 5.75 Å². The molecule has 0 aliphatic carbocycles. The highest BCUT2D eigenvalue weighted by molar-refractivity contribution is 7.89. The molecule has 0 saturated heterocycles. The second-order valence-corrected chi connectivity index (χ2v) is 10.6. The van der Waals surface area contributed by atoms with Gasteiger partial charge in [-0.3, -0.25) is 14.4 Å². The molecule has 12 heteroatoms. The zero-order chi connectivity index (χ0) is 27.8. The van der Waals surface area contributed by atoms with Crippen LogP contribution >= 0.6 is 0 Å². The lowest BCUT2D eigenvalue weighted by Gasteiger charge is -2.25. The third kappa shape index (κ3) is 8.85. The second-order valence-electron chi connectivity index (χ2n) is 8.91. The van der Waals surface area contributed by atoms with Crippen molar-refractivity contribution >= 4 is 27.9 Å². The molecule has 2 aromatic rings. The molecule has 2 aromatic carbocycles. The fourth-order valence-electron chi connectivity index (χ4n) is 3.11. The predicted molar refractivity (Wildman–Crippen MR) is 133 cm³/mol. The Hall–Kier alpha value is -3.48. The topological polar surface area (TPSA) is 138 Å². The van der Waals surface area contributed by atoms with E-state index in [-0.39, 0.29) is 22.8 Å². The Morgan fingerprint density at radius 1 is 1.03 bits per heavy atom. The lowest BCUT2D eigenvalue weighted by molar-refractivity contribution is -0.173. The number of likely N-dealkylation sites (N-methyl/N-ethyl adjacent to an activating group) is 1. The number of esters is 2. The van der Waals surface area contributed by atoms with Crippen molar-refractivity contribution < 1.29 is 41.8 Å². The van der Waals surface area contributed by atoms with Crippen molar-refractivity contribution in [1.29, 1.82) is 0 Å². The summed E-state index contributed by atoms with van der Waals surface area (Å²) in [4.78, 5) is 41.9. The Morgan fingerprint density at radius 3 is 2.24 bits per heavy atom. The van der Waals surface area contributed by atoms with Crippen LogP contribution in [0.2, 0.25) is 0 Å². The highest BCUT2D eigenvalue weighted by atomic mass is 32.2. The first-order valence-electron chi connectivity index (χ1n) is 11.2. The number of nitrogens with zero attached hydrogens (tertiary/aromatic N) is 1. The van der Waals surface area contributed by atoms with Crippen molar-refractivity contribution in [3.63, 3.8) is 0 Å². The van der Waals surface area contributed by atoms with Gasteiger partial charge in [-0.15, -0.1) is 0 Å². The van der Waals surface area contributed by atoms with Crippen LogP contribution in [-0.4, -0.2) is 64.2 Å². The average Bonchev–Trinajstić information content (AvgIpc) is 2.84. The van der Waals surface area contributed by atoms with Crippen molar-refractivity contribution in [2.24, 2.45) is 0 Å². The van der Waals surface area contributed by atoms with Crippen LogP contribution < -0.4 is 9.46 Å². The van der Waals surface area contributed by atoms with Crippen LogP contribution in [0.25, 0.3) is 0 Å². The molecule has 1 N–H and O–H groups in total. The minimum atomic E-state index is -4.46. The first kappa shape index (κ1) is 29.7. The number of nitrogens with one attached hydrogen (secondary N) is 1. The second kappa shape index (κ2) is 12.7. The number of carbonyl (C=O) groups excluding carboxylic acids is 3. The van der Waals surface area contributed by atoms with Gasteiger partial charge in [0.25, 0.3) is 5.91 Å². The Morgan fingerprint density at radius 2 is 1.68 bits per heavy atom. The van der Waals surface area contributed by atoms with Gasteiger partial charge in [0, 0.05) is 7.05 Å². The van der Waals surface area contributed by atoms with Gasteiger partial charge < -0.3 is 14.2 Å². The monoisotopic (exact) mass is 536 g/mol. The van der Waals surface area contributed by atoms with Crippen molar-refractivity contribution in [2.75, 3.05) is 21.3 Å². The minimum absolute atomic E-state index is 0.000661. The van der Waals surface area contributed by atoms with Crippen LogP contribution in [0.3, 0.4) is 0 Å². The van der Waals surface area contributed by atoms with Crippen LogP contribution in [0.5, 0.6) is 5.75 Å².